The monoisotopic (exact) mass is 359 g/mol. The molecule has 0 aromatic heterocycles. The predicted molar refractivity (Wildman–Crippen MR) is 94.7 cm³/mol. The van der Waals surface area contributed by atoms with Gasteiger partial charge in [0.25, 0.3) is 0 Å². The summed E-state index contributed by atoms with van der Waals surface area (Å²) in [7, 11) is -3.28. The normalized spacial score (nSPS) is 18.4. The van der Waals surface area contributed by atoms with Crippen molar-refractivity contribution in [2.45, 2.75) is 52.5 Å². The smallest absolute Gasteiger partial charge is 0.214 e. The van der Waals surface area contributed by atoms with E-state index in [4.69, 9.17) is 16.3 Å². The van der Waals surface area contributed by atoms with E-state index in [0.717, 1.165) is 42.6 Å². The fourth-order valence-electron chi connectivity index (χ4n) is 3.07. The van der Waals surface area contributed by atoms with Gasteiger partial charge in [-0.2, -0.15) is 4.31 Å². The van der Waals surface area contributed by atoms with E-state index >= 15 is 0 Å². The fourth-order valence-corrected chi connectivity index (χ4v) is 4.70. The molecule has 0 fully saturated rings. The number of ether oxygens (including phenoxy) is 1. The third kappa shape index (κ3) is 4.20. The molecule has 4 nitrogen and oxygen atoms in total. The lowest BCUT2D eigenvalue weighted by atomic mass is 9.99. The summed E-state index contributed by atoms with van der Waals surface area (Å²) >= 11 is 6.23. The van der Waals surface area contributed by atoms with Crippen LogP contribution in [0.25, 0.3) is 0 Å². The Morgan fingerprint density at radius 1 is 1.35 bits per heavy atom. The van der Waals surface area contributed by atoms with E-state index in [9.17, 15) is 8.42 Å². The van der Waals surface area contributed by atoms with E-state index < -0.39 is 10.0 Å². The molecule has 0 spiro atoms. The molecule has 1 aromatic carbocycles. The molecular formula is C17H26ClNO3S. The van der Waals surface area contributed by atoms with Gasteiger partial charge in [0.2, 0.25) is 10.0 Å². The average Bonchev–Trinajstić information content (AvgIpc) is 2.70. The molecule has 0 saturated carbocycles. The summed E-state index contributed by atoms with van der Waals surface area (Å²) in [4.78, 5) is 0. The number of halogens is 1. The topological polar surface area (TPSA) is 46.6 Å². The zero-order valence-corrected chi connectivity index (χ0v) is 15.7. The SMILES string of the molecule is CCCCN(C1CCCOc2c(C)cc(Cl)cc21)S(=O)(=O)CC. The second-order valence-corrected chi connectivity index (χ2v) is 8.66. The van der Waals surface area contributed by atoms with Gasteiger partial charge in [0.05, 0.1) is 18.4 Å². The Bertz CT molecular complexity index is 645. The Morgan fingerprint density at radius 2 is 2.09 bits per heavy atom. The zero-order valence-electron chi connectivity index (χ0n) is 14.1. The van der Waals surface area contributed by atoms with Crippen LogP contribution in [-0.2, 0) is 10.0 Å². The Labute approximate surface area is 144 Å². The van der Waals surface area contributed by atoms with Crippen molar-refractivity contribution in [3.63, 3.8) is 0 Å². The Balaban J connectivity index is 2.51. The van der Waals surface area contributed by atoms with Crippen LogP contribution >= 0.6 is 11.6 Å². The van der Waals surface area contributed by atoms with Crippen LogP contribution in [0, 0.1) is 6.92 Å². The lowest BCUT2D eigenvalue weighted by Crippen LogP contribution is -2.36. The molecule has 1 heterocycles. The molecule has 6 heteroatoms. The summed E-state index contributed by atoms with van der Waals surface area (Å²) in [5.74, 6) is 0.910. The van der Waals surface area contributed by atoms with E-state index in [1.807, 2.05) is 19.1 Å². The highest BCUT2D eigenvalue weighted by molar-refractivity contribution is 7.89. The molecule has 1 atom stereocenters. The van der Waals surface area contributed by atoms with Crippen molar-refractivity contribution in [2.75, 3.05) is 18.9 Å². The molecule has 23 heavy (non-hydrogen) atoms. The highest BCUT2D eigenvalue weighted by atomic mass is 35.5. The Kier molecular flexibility index (Phi) is 6.34. The highest BCUT2D eigenvalue weighted by Crippen LogP contribution is 2.40. The van der Waals surface area contributed by atoms with Gasteiger partial charge in [-0.3, -0.25) is 0 Å². The molecule has 0 bridgehead atoms. The minimum absolute atomic E-state index is 0.114. The number of sulfonamides is 1. The predicted octanol–water partition coefficient (Wildman–Crippen LogP) is 4.31. The van der Waals surface area contributed by atoms with Crippen LogP contribution in [0.4, 0.5) is 0 Å². The number of benzene rings is 1. The average molecular weight is 360 g/mol. The van der Waals surface area contributed by atoms with Crippen molar-refractivity contribution in [3.05, 3.63) is 28.3 Å². The molecule has 0 N–H and O–H groups in total. The number of hydrogen-bond donors (Lipinski definition) is 0. The maximum Gasteiger partial charge on any atom is 0.214 e. The molecule has 0 radical (unpaired) electrons. The molecule has 1 aromatic rings. The van der Waals surface area contributed by atoms with E-state index in [0.29, 0.717) is 18.2 Å². The number of fused-ring (bicyclic) bond motifs is 1. The first-order valence-electron chi connectivity index (χ1n) is 8.33. The van der Waals surface area contributed by atoms with Crippen LogP contribution in [-0.4, -0.2) is 31.6 Å². The summed E-state index contributed by atoms with van der Waals surface area (Å²) in [6, 6.07) is 3.54. The van der Waals surface area contributed by atoms with Gasteiger partial charge in [0.1, 0.15) is 5.75 Å². The lowest BCUT2D eigenvalue weighted by Gasteiger charge is -2.31. The van der Waals surface area contributed by atoms with Crippen LogP contribution in [0.15, 0.2) is 12.1 Å². The molecule has 1 aliphatic rings. The molecule has 0 amide bonds. The Hall–Kier alpha value is -0.780. The number of nitrogens with zero attached hydrogens (tertiary/aromatic N) is 1. The fraction of sp³-hybridized carbons (Fsp3) is 0.647. The number of aryl methyl sites for hydroxylation is 1. The summed E-state index contributed by atoms with van der Waals surface area (Å²) in [5.41, 5.74) is 1.87. The van der Waals surface area contributed by atoms with E-state index in [-0.39, 0.29) is 11.8 Å². The minimum atomic E-state index is -3.28. The minimum Gasteiger partial charge on any atom is -0.493 e. The maximum absolute atomic E-state index is 12.6. The van der Waals surface area contributed by atoms with Gasteiger partial charge < -0.3 is 4.74 Å². The van der Waals surface area contributed by atoms with Crippen molar-refractivity contribution >= 4 is 21.6 Å². The van der Waals surface area contributed by atoms with E-state index in [2.05, 4.69) is 6.92 Å². The van der Waals surface area contributed by atoms with Crippen LogP contribution in [0.3, 0.4) is 0 Å². The van der Waals surface area contributed by atoms with Crippen LogP contribution in [0.5, 0.6) is 5.75 Å². The van der Waals surface area contributed by atoms with Gasteiger partial charge in [0.15, 0.2) is 0 Å². The quantitative estimate of drug-likeness (QED) is 0.760. The van der Waals surface area contributed by atoms with Gasteiger partial charge >= 0.3 is 0 Å². The Morgan fingerprint density at radius 3 is 2.74 bits per heavy atom. The van der Waals surface area contributed by atoms with E-state index in [1.54, 1.807) is 11.2 Å². The van der Waals surface area contributed by atoms with Crippen molar-refractivity contribution in [1.82, 2.24) is 4.31 Å². The van der Waals surface area contributed by atoms with Gasteiger partial charge in [-0.1, -0.05) is 24.9 Å². The van der Waals surface area contributed by atoms with Crippen LogP contribution in [0.2, 0.25) is 5.02 Å². The van der Waals surface area contributed by atoms with Crippen molar-refractivity contribution in [2.24, 2.45) is 0 Å². The van der Waals surface area contributed by atoms with Crippen LogP contribution < -0.4 is 4.74 Å². The van der Waals surface area contributed by atoms with Gasteiger partial charge in [-0.05, 0) is 50.8 Å². The first-order chi connectivity index (χ1) is 10.9. The van der Waals surface area contributed by atoms with Crippen molar-refractivity contribution < 1.29 is 13.2 Å². The summed E-state index contributed by atoms with van der Waals surface area (Å²) in [6.45, 7) is 6.88. The molecule has 2 rings (SSSR count). The maximum atomic E-state index is 12.6. The molecule has 1 aliphatic heterocycles. The standard InChI is InChI=1S/C17H26ClNO3S/c1-4-6-9-19(23(20,21)5-2)16-8-7-10-22-17-13(3)11-14(18)12-15(16)17/h11-12,16H,4-10H2,1-3H3. The molecule has 0 saturated heterocycles. The third-order valence-corrected chi connectivity index (χ3v) is 6.40. The van der Waals surface area contributed by atoms with Crippen molar-refractivity contribution in [3.8, 4) is 5.75 Å². The lowest BCUT2D eigenvalue weighted by molar-refractivity contribution is 0.292. The number of hydrogen-bond acceptors (Lipinski definition) is 3. The third-order valence-electron chi connectivity index (χ3n) is 4.30. The summed E-state index contributed by atoms with van der Waals surface area (Å²) in [5, 5.41) is 0.626. The molecule has 130 valence electrons. The van der Waals surface area contributed by atoms with Crippen molar-refractivity contribution in [1.29, 1.82) is 0 Å². The van der Waals surface area contributed by atoms with E-state index in [1.165, 1.54) is 0 Å². The number of rotatable bonds is 6. The second kappa shape index (κ2) is 7.86. The largest absolute Gasteiger partial charge is 0.493 e. The molecular weight excluding hydrogens is 334 g/mol. The zero-order chi connectivity index (χ0) is 17.0. The summed E-state index contributed by atoms with van der Waals surface area (Å²) < 4.78 is 32.8. The molecule has 0 aliphatic carbocycles. The molecule has 1 unspecified atom stereocenters. The van der Waals surface area contributed by atoms with Crippen LogP contribution in [0.1, 0.15) is 56.7 Å². The highest BCUT2D eigenvalue weighted by Gasteiger charge is 2.33. The first kappa shape index (κ1) is 18.6. The van der Waals surface area contributed by atoms with Gasteiger partial charge in [-0.25, -0.2) is 8.42 Å². The number of unbranched alkanes of at least 4 members (excludes halogenated alkanes) is 1. The first-order valence-corrected chi connectivity index (χ1v) is 10.3. The van der Waals surface area contributed by atoms with Gasteiger partial charge in [-0.15, -0.1) is 0 Å². The summed E-state index contributed by atoms with van der Waals surface area (Å²) in [6.07, 6.45) is 3.40. The van der Waals surface area contributed by atoms with Gasteiger partial charge in [0, 0.05) is 17.1 Å². The second-order valence-electron chi connectivity index (χ2n) is 6.01.